The minimum absolute atomic E-state index is 0.153. The van der Waals surface area contributed by atoms with Gasteiger partial charge in [0.15, 0.2) is 5.82 Å². The van der Waals surface area contributed by atoms with Crippen molar-refractivity contribution in [2.45, 2.75) is 45.3 Å². The summed E-state index contributed by atoms with van der Waals surface area (Å²) in [5, 5.41) is 11.7. The molecule has 1 aliphatic rings. The molecule has 37 heavy (non-hydrogen) atoms. The number of piperidine rings is 1. The number of aromatic amines is 1. The van der Waals surface area contributed by atoms with Gasteiger partial charge in [0.1, 0.15) is 22.6 Å². The van der Waals surface area contributed by atoms with Gasteiger partial charge in [-0.25, -0.2) is 14.9 Å². The summed E-state index contributed by atoms with van der Waals surface area (Å²) in [4.78, 5) is 31.7. The number of para-hydroxylation sites is 1. The Bertz CT molecular complexity index is 1470. The van der Waals surface area contributed by atoms with Crippen molar-refractivity contribution in [1.29, 1.82) is 0 Å². The number of pyridine rings is 1. The predicted molar refractivity (Wildman–Crippen MR) is 138 cm³/mol. The number of aromatic nitrogens is 5. The van der Waals surface area contributed by atoms with Gasteiger partial charge in [0.25, 0.3) is 5.56 Å². The first-order valence-corrected chi connectivity index (χ1v) is 12.1. The molecule has 0 radical (unpaired) electrons. The van der Waals surface area contributed by atoms with Crippen LogP contribution in [-0.4, -0.2) is 54.6 Å². The Labute approximate surface area is 213 Å². The van der Waals surface area contributed by atoms with Crippen molar-refractivity contribution in [3.8, 4) is 22.9 Å². The van der Waals surface area contributed by atoms with E-state index in [0.29, 0.717) is 46.9 Å². The monoisotopic (exact) mass is 503 g/mol. The second kappa shape index (κ2) is 9.57. The van der Waals surface area contributed by atoms with E-state index >= 15 is 0 Å². The lowest BCUT2D eigenvalue weighted by Crippen LogP contribution is -2.43. The lowest BCUT2D eigenvalue weighted by atomic mass is 10.1. The highest BCUT2D eigenvalue weighted by molar-refractivity contribution is 5.99. The van der Waals surface area contributed by atoms with Gasteiger partial charge in [0, 0.05) is 30.9 Å². The minimum Gasteiger partial charge on any atom is -0.444 e. The molecule has 11 heteroatoms. The Morgan fingerprint density at radius 3 is 2.65 bits per heavy atom. The Morgan fingerprint density at radius 2 is 1.95 bits per heavy atom. The van der Waals surface area contributed by atoms with Gasteiger partial charge in [-0.3, -0.25) is 9.48 Å². The van der Waals surface area contributed by atoms with Crippen LogP contribution < -0.4 is 16.0 Å². The van der Waals surface area contributed by atoms with E-state index in [9.17, 15) is 9.59 Å². The molecule has 4 aromatic rings. The van der Waals surface area contributed by atoms with Gasteiger partial charge >= 0.3 is 6.09 Å². The summed E-state index contributed by atoms with van der Waals surface area (Å²) in [7, 11) is 0. The Morgan fingerprint density at radius 1 is 1.16 bits per heavy atom. The summed E-state index contributed by atoms with van der Waals surface area (Å²) in [6, 6.07) is 12.7. The predicted octanol–water partition coefficient (Wildman–Crippen LogP) is 4.13. The second-order valence-electron chi connectivity index (χ2n) is 9.98. The van der Waals surface area contributed by atoms with Crippen molar-refractivity contribution in [3.63, 3.8) is 0 Å². The van der Waals surface area contributed by atoms with Crippen LogP contribution in [0.3, 0.4) is 0 Å². The number of H-pyrrole nitrogens is 1. The van der Waals surface area contributed by atoms with Crippen LogP contribution in [0.1, 0.15) is 39.7 Å². The SMILES string of the molecule is CC(C)(C)OC(=O)N1CCCC(n2nc(-c3ccc(Oc4ccccc4)nc3)c3c(N)n[nH]c(=O)c32)C1. The zero-order valence-electron chi connectivity index (χ0n) is 21.0. The fourth-order valence-corrected chi connectivity index (χ4v) is 4.42. The molecule has 0 aliphatic carbocycles. The maximum absolute atomic E-state index is 12.9. The number of hydrogen-bond donors (Lipinski definition) is 2. The number of nitrogens with one attached hydrogen (secondary N) is 1. The average molecular weight is 504 g/mol. The third-order valence-electron chi connectivity index (χ3n) is 6.03. The Kier molecular flexibility index (Phi) is 6.28. The van der Waals surface area contributed by atoms with Crippen molar-refractivity contribution in [2.75, 3.05) is 18.8 Å². The molecule has 3 N–H and O–H groups in total. The van der Waals surface area contributed by atoms with Crippen LogP contribution >= 0.6 is 0 Å². The van der Waals surface area contributed by atoms with E-state index in [1.54, 1.807) is 21.8 Å². The number of likely N-dealkylation sites (tertiary alicyclic amines) is 1. The highest BCUT2D eigenvalue weighted by atomic mass is 16.6. The molecular formula is C26H29N7O4. The average Bonchev–Trinajstić information content (AvgIpc) is 3.29. The molecule has 0 saturated carbocycles. The van der Waals surface area contributed by atoms with E-state index < -0.39 is 11.2 Å². The van der Waals surface area contributed by atoms with Gasteiger partial charge in [-0.2, -0.15) is 10.2 Å². The zero-order chi connectivity index (χ0) is 26.2. The lowest BCUT2D eigenvalue weighted by molar-refractivity contribution is 0.0169. The fraction of sp³-hybridized carbons (Fsp3) is 0.346. The molecule has 5 rings (SSSR count). The Hall–Kier alpha value is -4.41. The molecule has 1 amide bonds. The molecule has 1 saturated heterocycles. The summed E-state index contributed by atoms with van der Waals surface area (Å²) in [6.07, 6.45) is 2.71. The van der Waals surface area contributed by atoms with Crippen LogP contribution in [0.5, 0.6) is 11.6 Å². The number of nitrogens with two attached hydrogens (primary N) is 1. The van der Waals surface area contributed by atoms with Gasteiger partial charge in [-0.1, -0.05) is 18.2 Å². The molecule has 192 valence electrons. The molecule has 0 bridgehead atoms. The molecule has 1 aromatic carbocycles. The normalized spacial score (nSPS) is 16.1. The number of carbonyl (C=O) groups excluding carboxylic acids is 1. The van der Waals surface area contributed by atoms with Crippen molar-refractivity contribution in [1.82, 2.24) is 29.9 Å². The third-order valence-corrected chi connectivity index (χ3v) is 6.03. The largest absolute Gasteiger partial charge is 0.444 e. The summed E-state index contributed by atoms with van der Waals surface area (Å²) in [5.74, 6) is 1.24. The molecule has 0 spiro atoms. The lowest BCUT2D eigenvalue weighted by Gasteiger charge is -2.34. The third kappa shape index (κ3) is 5.11. The number of nitrogens with zero attached hydrogens (tertiary/aromatic N) is 5. The number of rotatable bonds is 4. The Balaban J connectivity index is 1.49. The number of ether oxygens (including phenoxy) is 2. The van der Waals surface area contributed by atoms with Crippen LogP contribution in [0.15, 0.2) is 53.5 Å². The van der Waals surface area contributed by atoms with Crippen LogP contribution in [0.25, 0.3) is 22.2 Å². The standard InChI is InChI=1S/C26H29N7O4/c1-26(2,3)37-25(35)32-13-7-8-17(15-32)33-22-20(23(27)29-30-24(22)34)21(31-33)16-11-12-19(28-14-16)36-18-9-5-4-6-10-18/h4-6,9-12,14,17H,7-8,13,15H2,1-3H3,(H2,27,29)(H,30,34). The fourth-order valence-electron chi connectivity index (χ4n) is 4.42. The van der Waals surface area contributed by atoms with Crippen LogP contribution in [0, 0.1) is 0 Å². The van der Waals surface area contributed by atoms with Gasteiger partial charge in [0.05, 0.1) is 11.4 Å². The van der Waals surface area contributed by atoms with Gasteiger partial charge < -0.3 is 20.1 Å². The molecule has 1 atom stereocenters. The van der Waals surface area contributed by atoms with Gasteiger partial charge in [-0.15, -0.1) is 0 Å². The van der Waals surface area contributed by atoms with Crippen LogP contribution in [0.4, 0.5) is 10.6 Å². The van der Waals surface area contributed by atoms with E-state index in [-0.39, 0.29) is 18.0 Å². The van der Waals surface area contributed by atoms with Gasteiger partial charge in [0.2, 0.25) is 5.88 Å². The highest BCUT2D eigenvalue weighted by Crippen LogP contribution is 2.34. The number of carbonyl (C=O) groups is 1. The quantitative estimate of drug-likeness (QED) is 0.423. The topological polar surface area (TPSA) is 141 Å². The smallest absolute Gasteiger partial charge is 0.410 e. The number of fused-ring (bicyclic) bond motifs is 1. The van der Waals surface area contributed by atoms with E-state index in [4.69, 9.17) is 20.3 Å². The highest BCUT2D eigenvalue weighted by Gasteiger charge is 2.31. The molecule has 11 nitrogen and oxygen atoms in total. The van der Waals surface area contributed by atoms with E-state index in [0.717, 1.165) is 12.8 Å². The van der Waals surface area contributed by atoms with E-state index in [1.165, 1.54) is 0 Å². The van der Waals surface area contributed by atoms with Crippen molar-refractivity contribution < 1.29 is 14.3 Å². The van der Waals surface area contributed by atoms with Gasteiger partial charge in [-0.05, 0) is 51.8 Å². The first kappa shape index (κ1) is 24.3. The second-order valence-corrected chi connectivity index (χ2v) is 9.98. The molecular weight excluding hydrogens is 474 g/mol. The maximum atomic E-state index is 12.9. The summed E-state index contributed by atoms with van der Waals surface area (Å²) in [5.41, 5.74) is 6.66. The molecule has 1 fully saturated rings. The number of anilines is 1. The molecule has 1 aliphatic heterocycles. The first-order valence-electron chi connectivity index (χ1n) is 12.1. The van der Waals surface area contributed by atoms with Crippen molar-refractivity contribution in [3.05, 3.63) is 59.0 Å². The van der Waals surface area contributed by atoms with Crippen LogP contribution in [-0.2, 0) is 4.74 Å². The van der Waals surface area contributed by atoms with Crippen molar-refractivity contribution in [2.24, 2.45) is 0 Å². The first-order chi connectivity index (χ1) is 17.7. The summed E-state index contributed by atoms with van der Waals surface area (Å²) < 4.78 is 13.0. The summed E-state index contributed by atoms with van der Waals surface area (Å²) in [6.45, 7) is 6.43. The minimum atomic E-state index is -0.601. The number of amides is 1. The zero-order valence-corrected chi connectivity index (χ0v) is 21.0. The molecule has 3 aromatic heterocycles. The number of benzene rings is 1. The number of hydrogen-bond acceptors (Lipinski definition) is 8. The molecule has 4 heterocycles. The van der Waals surface area contributed by atoms with Crippen molar-refractivity contribution >= 4 is 22.8 Å². The van der Waals surface area contributed by atoms with Crippen LogP contribution in [0.2, 0.25) is 0 Å². The van der Waals surface area contributed by atoms with E-state index in [1.807, 2.05) is 57.2 Å². The molecule has 1 unspecified atom stereocenters. The number of nitrogen functional groups attached to an aromatic ring is 1. The van der Waals surface area contributed by atoms with E-state index in [2.05, 4.69) is 15.2 Å². The maximum Gasteiger partial charge on any atom is 0.410 e. The summed E-state index contributed by atoms with van der Waals surface area (Å²) >= 11 is 0.